The normalized spacial score (nSPS) is 14.9. The Morgan fingerprint density at radius 2 is 1.73 bits per heavy atom. The minimum atomic E-state index is -0.943. The van der Waals surface area contributed by atoms with E-state index in [1.807, 2.05) is 30.1 Å². The third-order valence-corrected chi connectivity index (χ3v) is 5.29. The van der Waals surface area contributed by atoms with Crippen LogP contribution in [0.5, 0.6) is 11.5 Å². The van der Waals surface area contributed by atoms with Crippen molar-refractivity contribution in [1.82, 2.24) is 4.90 Å². The van der Waals surface area contributed by atoms with Crippen LogP contribution in [0, 0.1) is 0 Å². The van der Waals surface area contributed by atoms with Crippen LogP contribution < -0.4 is 14.4 Å². The number of hydrogen-bond acceptors (Lipinski definition) is 6. The fraction of sp³-hybridized carbons (Fsp3) is 0.409. The Labute approximate surface area is 183 Å². The van der Waals surface area contributed by atoms with Gasteiger partial charge in [-0.25, -0.2) is 4.79 Å². The van der Waals surface area contributed by atoms with E-state index in [4.69, 9.17) is 14.6 Å². The molecule has 0 unspecified atom stereocenters. The van der Waals surface area contributed by atoms with Crippen molar-refractivity contribution < 1.29 is 24.5 Å². The van der Waals surface area contributed by atoms with Crippen LogP contribution in [0.2, 0.25) is 0 Å². The first-order valence-corrected chi connectivity index (χ1v) is 9.54. The molecule has 3 rings (SSSR count). The number of nitrogens with zero attached hydrogens (tertiary/aromatic N) is 2. The largest absolute Gasteiger partial charge is 0.493 e. The Hall–Kier alpha value is -2.48. The van der Waals surface area contributed by atoms with Crippen molar-refractivity contribution in [3.05, 3.63) is 53.6 Å². The number of ether oxygens (including phenoxy) is 2. The van der Waals surface area contributed by atoms with Gasteiger partial charge in [0.1, 0.15) is 5.60 Å². The van der Waals surface area contributed by atoms with Crippen LogP contribution in [0.3, 0.4) is 0 Å². The van der Waals surface area contributed by atoms with Crippen LogP contribution in [0.15, 0.2) is 42.5 Å². The lowest BCUT2D eigenvalue weighted by Crippen LogP contribution is -2.66. The van der Waals surface area contributed by atoms with Gasteiger partial charge < -0.3 is 24.6 Å². The summed E-state index contributed by atoms with van der Waals surface area (Å²) < 4.78 is 10.6. The van der Waals surface area contributed by atoms with Gasteiger partial charge in [0.25, 0.3) is 0 Å². The molecule has 2 N–H and O–H groups in total. The molecule has 1 aliphatic rings. The molecular formula is C22H29ClN2O5. The van der Waals surface area contributed by atoms with Crippen molar-refractivity contribution >= 4 is 24.1 Å². The van der Waals surface area contributed by atoms with Crippen molar-refractivity contribution in [3.8, 4) is 11.5 Å². The van der Waals surface area contributed by atoms with Gasteiger partial charge in [0.2, 0.25) is 0 Å². The number of aromatic carboxylic acids is 1. The number of likely N-dealkylation sites (N-methyl/N-ethyl adjacent to an activating group) is 1. The molecule has 0 radical (unpaired) electrons. The Morgan fingerprint density at radius 3 is 2.30 bits per heavy atom. The van der Waals surface area contributed by atoms with Gasteiger partial charge in [-0.2, -0.15) is 0 Å². The van der Waals surface area contributed by atoms with Gasteiger partial charge in [0.05, 0.1) is 19.8 Å². The second-order valence-electron chi connectivity index (χ2n) is 7.58. The second-order valence-corrected chi connectivity index (χ2v) is 7.58. The number of carboxylic acid groups (broad SMARTS) is 1. The summed E-state index contributed by atoms with van der Waals surface area (Å²) in [6.45, 7) is 2.57. The predicted molar refractivity (Wildman–Crippen MR) is 119 cm³/mol. The lowest BCUT2D eigenvalue weighted by atomic mass is 9.92. The number of anilines is 1. The van der Waals surface area contributed by atoms with E-state index in [2.05, 4.69) is 4.90 Å². The molecule has 0 amide bonds. The number of carboxylic acids is 1. The first-order chi connectivity index (χ1) is 13.8. The van der Waals surface area contributed by atoms with Crippen molar-refractivity contribution in [2.45, 2.75) is 12.0 Å². The van der Waals surface area contributed by atoms with Gasteiger partial charge in [0.15, 0.2) is 11.5 Å². The van der Waals surface area contributed by atoms with E-state index in [-0.39, 0.29) is 18.0 Å². The number of benzene rings is 2. The second kappa shape index (κ2) is 10.0. The van der Waals surface area contributed by atoms with E-state index in [0.29, 0.717) is 25.4 Å². The molecule has 1 heterocycles. The summed E-state index contributed by atoms with van der Waals surface area (Å²) in [7, 11) is 5.15. The van der Waals surface area contributed by atoms with Crippen LogP contribution in [-0.2, 0) is 6.42 Å². The third kappa shape index (κ3) is 5.56. The summed E-state index contributed by atoms with van der Waals surface area (Å²) in [5, 5.41) is 19.8. The fourth-order valence-corrected chi connectivity index (χ4v) is 3.76. The third-order valence-electron chi connectivity index (χ3n) is 5.29. The van der Waals surface area contributed by atoms with Gasteiger partial charge >= 0.3 is 5.97 Å². The first kappa shape index (κ1) is 23.8. The van der Waals surface area contributed by atoms with Crippen molar-refractivity contribution in [1.29, 1.82) is 0 Å². The predicted octanol–water partition coefficient (Wildman–Crippen LogP) is 2.55. The average Bonchev–Trinajstić information content (AvgIpc) is 2.70. The maximum Gasteiger partial charge on any atom is 0.335 e. The number of halogens is 1. The first-order valence-electron chi connectivity index (χ1n) is 9.54. The maximum absolute atomic E-state index is 11.0. The molecule has 2 aromatic rings. The standard InChI is InChI=1S/C22H28N2O5.ClH/c1-23(18-7-5-17(6-8-18)21(25)26)13-22(27)14-24(15-22)11-10-16-4-9-19(28-2)20(12-16)29-3;/h4-9,12,27H,10-11,13-15H2,1-3H3,(H,25,26);1H. The highest BCUT2D eigenvalue weighted by Gasteiger charge is 2.41. The number of carbonyl (C=O) groups is 1. The minimum absolute atomic E-state index is 0. The highest BCUT2D eigenvalue weighted by Crippen LogP contribution is 2.29. The maximum atomic E-state index is 11.0. The summed E-state index contributed by atoms with van der Waals surface area (Å²) in [6, 6.07) is 12.6. The highest BCUT2D eigenvalue weighted by atomic mass is 35.5. The van der Waals surface area contributed by atoms with Crippen LogP contribution >= 0.6 is 12.4 Å². The molecule has 1 aliphatic heterocycles. The highest BCUT2D eigenvalue weighted by molar-refractivity contribution is 5.88. The quantitative estimate of drug-likeness (QED) is 0.625. The SMILES string of the molecule is COc1ccc(CCN2CC(O)(CN(C)c3ccc(C(=O)O)cc3)C2)cc1OC.Cl. The number of β-amino-alcohol motifs (C(OH)–C–C–N with tert-alkyl or cyclic N) is 1. The molecule has 1 fully saturated rings. The zero-order valence-corrected chi connectivity index (χ0v) is 18.3. The van der Waals surface area contributed by atoms with Crippen LogP contribution in [0.1, 0.15) is 15.9 Å². The number of rotatable bonds is 9. The molecule has 0 aliphatic carbocycles. The Bertz CT molecular complexity index is 853. The Morgan fingerprint density at radius 1 is 1.10 bits per heavy atom. The van der Waals surface area contributed by atoms with Gasteiger partial charge in [0, 0.05) is 38.9 Å². The Balaban J connectivity index is 0.00000320. The van der Waals surface area contributed by atoms with E-state index in [0.717, 1.165) is 30.0 Å². The molecule has 8 heteroatoms. The van der Waals surface area contributed by atoms with Gasteiger partial charge in [-0.3, -0.25) is 4.90 Å². The van der Waals surface area contributed by atoms with Gasteiger partial charge in [-0.15, -0.1) is 12.4 Å². The van der Waals surface area contributed by atoms with Crippen molar-refractivity contribution in [3.63, 3.8) is 0 Å². The average molecular weight is 437 g/mol. The molecule has 0 aromatic heterocycles. The van der Waals surface area contributed by atoms with Gasteiger partial charge in [-0.1, -0.05) is 6.07 Å². The molecule has 0 spiro atoms. The number of aliphatic hydroxyl groups is 1. The summed E-state index contributed by atoms with van der Waals surface area (Å²) >= 11 is 0. The number of methoxy groups -OCH3 is 2. The van der Waals surface area contributed by atoms with E-state index in [1.54, 1.807) is 38.5 Å². The molecule has 0 atom stereocenters. The van der Waals surface area contributed by atoms with E-state index in [1.165, 1.54) is 0 Å². The molecule has 2 aromatic carbocycles. The number of hydrogen-bond donors (Lipinski definition) is 2. The van der Waals surface area contributed by atoms with Crippen molar-refractivity contribution in [2.75, 3.05) is 52.3 Å². The van der Waals surface area contributed by atoms with E-state index in [9.17, 15) is 9.90 Å². The minimum Gasteiger partial charge on any atom is -0.493 e. The summed E-state index contributed by atoms with van der Waals surface area (Å²) in [4.78, 5) is 15.1. The molecule has 0 saturated carbocycles. The van der Waals surface area contributed by atoms with Gasteiger partial charge in [-0.05, 0) is 48.4 Å². The Kier molecular flexibility index (Phi) is 7.95. The topological polar surface area (TPSA) is 82.5 Å². The molecule has 164 valence electrons. The smallest absolute Gasteiger partial charge is 0.335 e. The van der Waals surface area contributed by atoms with E-state index >= 15 is 0 Å². The molecule has 7 nitrogen and oxygen atoms in total. The zero-order chi connectivity index (χ0) is 21.0. The zero-order valence-electron chi connectivity index (χ0n) is 17.5. The lowest BCUT2D eigenvalue weighted by molar-refractivity contribution is -0.0896. The van der Waals surface area contributed by atoms with E-state index < -0.39 is 11.6 Å². The molecular weight excluding hydrogens is 408 g/mol. The molecule has 1 saturated heterocycles. The number of likely N-dealkylation sites (tertiary alicyclic amines) is 1. The summed E-state index contributed by atoms with van der Waals surface area (Å²) in [5.74, 6) is 0.497. The van der Waals surface area contributed by atoms with Crippen LogP contribution in [0.4, 0.5) is 5.69 Å². The van der Waals surface area contributed by atoms with Crippen molar-refractivity contribution in [2.24, 2.45) is 0 Å². The molecule has 0 bridgehead atoms. The molecule has 30 heavy (non-hydrogen) atoms. The monoisotopic (exact) mass is 436 g/mol. The summed E-state index contributed by atoms with van der Waals surface area (Å²) in [6.07, 6.45) is 0.864. The lowest BCUT2D eigenvalue weighted by Gasteiger charge is -2.48. The van der Waals surface area contributed by atoms with Crippen LogP contribution in [0.25, 0.3) is 0 Å². The van der Waals surface area contributed by atoms with Crippen LogP contribution in [-0.4, -0.2) is 74.1 Å². The fourth-order valence-electron chi connectivity index (χ4n) is 3.76. The summed E-state index contributed by atoms with van der Waals surface area (Å²) in [5.41, 5.74) is 1.53.